The predicted octanol–water partition coefficient (Wildman–Crippen LogP) is 3.69. The number of aromatic hydroxyl groups is 1. The fourth-order valence-corrected chi connectivity index (χ4v) is 2.31. The summed E-state index contributed by atoms with van der Waals surface area (Å²) in [4.78, 5) is 0. The maximum absolute atomic E-state index is 9.32. The van der Waals surface area contributed by atoms with E-state index in [1.54, 1.807) is 19.2 Å². The summed E-state index contributed by atoms with van der Waals surface area (Å²) in [5, 5.41) is 24.3. The Morgan fingerprint density at radius 3 is 1.77 bits per heavy atom. The van der Waals surface area contributed by atoms with E-state index in [0.29, 0.717) is 21.6 Å². The van der Waals surface area contributed by atoms with E-state index >= 15 is 0 Å². The third-order valence-corrected chi connectivity index (χ3v) is 4.42. The van der Waals surface area contributed by atoms with Crippen molar-refractivity contribution in [2.45, 2.75) is 13.8 Å². The lowest BCUT2D eigenvalue weighted by Crippen LogP contribution is -2.30. The minimum Gasteiger partial charge on any atom is -0.508 e. The zero-order valence-corrected chi connectivity index (χ0v) is 18.6. The molecule has 0 aliphatic carbocycles. The molecule has 0 aliphatic heterocycles. The molecule has 0 atom stereocenters. The molecule has 0 bridgehead atoms. The number of nitrogens with zero attached hydrogens (tertiary/aromatic N) is 2. The maximum atomic E-state index is 9.32. The van der Waals surface area contributed by atoms with Gasteiger partial charge in [-0.1, -0.05) is 36.4 Å². The van der Waals surface area contributed by atoms with Crippen LogP contribution in [0.1, 0.15) is 25.0 Å². The highest BCUT2D eigenvalue weighted by Crippen LogP contribution is 2.15. The number of hydrogen-bond acceptors (Lipinski definition) is 5. The summed E-state index contributed by atoms with van der Waals surface area (Å²) in [6.07, 6.45) is 3.98. The van der Waals surface area contributed by atoms with Crippen LogP contribution in [0.5, 0.6) is 5.75 Å². The van der Waals surface area contributed by atoms with Crippen LogP contribution < -0.4 is 21.5 Å². The minimum atomic E-state index is 0.253. The van der Waals surface area contributed by atoms with E-state index in [1.807, 2.05) is 62.4 Å². The molecule has 2 aromatic rings. The van der Waals surface area contributed by atoms with E-state index in [2.05, 4.69) is 31.7 Å². The van der Waals surface area contributed by atoms with Crippen LogP contribution >= 0.6 is 24.4 Å². The van der Waals surface area contributed by atoms with Crippen molar-refractivity contribution in [2.24, 2.45) is 10.2 Å². The van der Waals surface area contributed by atoms with Crippen LogP contribution in [0.3, 0.4) is 0 Å². The zero-order chi connectivity index (χ0) is 21.9. The number of benzene rings is 2. The summed E-state index contributed by atoms with van der Waals surface area (Å²) in [6, 6.07) is 14.8. The van der Waals surface area contributed by atoms with Crippen LogP contribution in [0.2, 0.25) is 0 Å². The van der Waals surface area contributed by atoms with Crippen LogP contribution in [0.4, 0.5) is 5.69 Å². The van der Waals surface area contributed by atoms with Gasteiger partial charge in [-0.05, 0) is 73.7 Å². The highest BCUT2D eigenvalue weighted by molar-refractivity contribution is 7.80. The van der Waals surface area contributed by atoms with Crippen LogP contribution in [-0.2, 0) is 0 Å². The first-order valence-electron chi connectivity index (χ1n) is 9.08. The number of phenols is 1. The van der Waals surface area contributed by atoms with E-state index < -0.39 is 0 Å². The van der Waals surface area contributed by atoms with Crippen molar-refractivity contribution in [3.05, 3.63) is 59.7 Å². The average Bonchev–Trinajstić information content (AvgIpc) is 2.76. The van der Waals surface area contributed by atoms with Gasteiger partial charge >= 0.3 is 0 Å². The highest BCUT2D eigenvalue weighted by atomic mass is 32.1. The second-order valence-electron chi connectivity index (χ2n) is 6.20. The number of anilines is 1. The average molecular weight is 441 g/mol. The van der Waals surface area contributed by atoms with E-state index in [4.69, 9.17) is 24.4 Å². The van der Waals surface area contributed by atoms with Gasteiger partial charge in [0.05, 0.1) is 11.4 Å². The quantitative estimate of drug-likeness (QED) is 0.202. The molecule has 0 spiro atoms. The lowest BCUT2D eigenvalue weighted by Gasteiger charge is -2.08. The largest absolute Gasteiger partial charge is 0.508 e. The molecular weight excluding hydrogens is 416 g/mol. The number of hydrazone groups is 2. The van der Waals surface area contributed by atoms with E-state index in [1.165, 1.54) is 0 Å². The molecule has 2 aromatic carbocycles. The lowest BCUT2D eigenvalue weighted by molar-refractivity contribution is 0.475. The number of rotatable bonds is 6. The van der Waals surface area contributed by atoms with Gasteiger partial charge in [-0.25, -0.2) is 0 Å². The van der Waals surface area contributed by atoms with Crippen LogP contribution in [0.15, 0.2) is 58.7 Å². The number of phenolic OH excluding ortho intramolecular Hbond substituents is 1. The number of nitrogens with one attached hydrogen (secondary N) is 4. The van der Waals surface area contributed by atoms with Crippen LogP contribution in [0.25, 0.3) is 12.2 Å². The summed E-state index contributed by atoms with van der Waals surface area (Å²) in [5.41, 5.74) is 9.73. The van der Waals surface area contributed by atoms with Crippen molar-refractivity contribution in [1.29, 1.82) is 0 Å². The van der Waals surface area contributed by atoms with Crippen molar-refractivity contribution >= 4 is 63.9 Å². The Balaban J connectivity index is 1.88. The molecule has 156 valence electrons. The van der Waals surface area contributed by atoms with Gasteiger partial charge in [0.2, 0.25) is 0 Å². The predicted molar refractivity (Wildman–Crippen MR) is 134 cm³/mol. The smallest absolute Gasteiger partial charge is 0.191 e. The molecule has 0 aromatic heterocycles. The fourth-order valence-electron chi connectivity index (χ4n) is 2.10. The van der Waals surface area contributed by atoms with E-state index in [0.717, 1.165) is 16.8 Å². The molecule has 0 fully saturated rings. The molecule has 9 heteroatoms. The van der Waals surface area contributed by atoms with E-state index in [-0.39, 0.29) is 5.75 Å². The van der Waals surface area contributed by atoms with Gasteiger partial charge in [-0.3, -0.25) is 10.9 Å². The van der Waals surface area contributed by atoms with Gasteiger partial charge in [0.15, 0.2) is 10.2 Å². The Bertz CT molecular complexity index is 966. The summed E-state index contributed by atoms with van der Waals surface area (Å²) < 4.78 is 0. The molecule has 5 N–H and O–H groups in total. The van der Waals surface area contributed by atoms with Gasteiger partial charge in [0.1, 0.15) is 5.75 Å². The van der Waals surface area contributed by atoms with E-state index in [9.17, 15) is 5.11 Å². The second-order valence-corrected chi connectivity index (χ2v) is 7.01. The Morgan fingerprint density at radius 2 is 1.27 bits per heavy atom. The Hall–Kier alpha value is -3.30. The molecule has 30 heavy (non-hydrogen) atoms. The summed E-state index contributed by atoms with van der Waals surface area (Å²) in [5.74, 6) is 0.253. The molecule has 7 nitrogen and oxygen atoms in total. The van der Waals surface area contributed by atoms with Gasteiger partial charge in [0.25, 0.3) is 0 Å². The lowest BCUT2D eigenvalue weighted by atomic mass is 10.1. The molecule has 0 heterocycles. The number of hydrogen-bond donors (Lipinski definition) is 5. The molecule has 0 amide bonds. The maximum Gasteiger partial charge on any atom is 0.191 e. The van der Waals surface area contributed by atoms with Crippen molar-refractivity contribution in [1.82, 2.24) is 16.2 Å². The monoisotopic (exact) mass is 440 g/mol. The fraction of sp³-hybridized carbons (Fsp3) is 0.143. The first kappa shape index (κ1) is 23.0. The highest BCUT2D eigenvalue weighted by Gasteiger charge is 2.00. The number of thiocarbonyl (C=S) groups is 2. The molecular formula is C21H24N6OS2. The van der Waals surface area contributed by atoms with Crippen molar-refractivity contribution in [3.63, 3.8) is 0 Å². The van der Waals surface area contributed by atoms with Gasteiger partial charge < -0.3 is 15.7 Å². The Labute approximate surface area is 187 Å². The molecule has 0 saturated heterocycles. The molecule has 0 radical (unpaired) electrons. The summed E-state index contributed by atoms with van der Waals surface area (Å²) >= 11 is 10.2. The normalized spacial score (nSPS) is 11.8. The first-order chi connectivity index (χ1) is 14.4. The first-order valence-corrected chi connectivity index (χ1v) is 9.90. The topological polar surface area (TPSA) is 93.1 Å². The molecule has 2 rings (SSSR count). The summed E-state index contributed by atoms with van der Waals surface area (Å²) in [7, 11) is 1.71. The van der Waals surface area contributed by atoms with Gasteiger partial charge in [-0.2, -0.15) is 10.2 Å². The second kappa shape index (κ2) is 11.6. The van der Waals surface area contributed by atoms with Gasteiger partial charge in [-0.15, -0.1) is 0 Å². The standard InChI is InChI=1S/C21H24N6OS2/c1-14(24-26-20(29)22-3)15(2)25-27-21(30)23-18-10-6-16(7-11-18)4-5-17-8-12-19(28)13-9-17/h4-13,28H,1-3H3,(H2,22,26,29)(H2,23,27,30)/b5-4+,24-14+,25-15-. The van der Waals surface area contributed by atoms with Gasteiger partial charge in [0, 0.05) is 12.7 Å². The third-order valence-electron chi connectivity index (χ3n) is 3.93. The summed E-state index contributed by atoms with van der Waals surface area (Å²) in [6.45, 7) is 3.63. The third kappa shape index (κ3) is 7.98. The SMILES string of the molecule is CNC(=S)N/N=C(C)/C(C)=N\NC(=S)Nc1ccc(/C=C/c2ccc(O)cc2)cc1. The molecule has 0 aliphatic rings. The minimum absolute atomic E-state index is 0.253. The van der Waals surface area contributed by atoms with Crippen molar-refractivity contribution < 1.29 is 5.11 Å². The van der Waals surface area contributed by atoms with Crippen molar-refractivity contribution in [3.8, 4) is 5.75 Å². The van der Waals surface area contributed by atoms with Crippen LogP contribution in [0, 0.1) is 0 Å². The Kier molecular flexibility index (Phi) is 8.92. The van der Waals surface area contributed by atoms with Crippen LogP contribution in [-0.4, -0.2) is 33.8 Å². The molecule has 0 unspecified atom stereocenters. The molecule has 0 saturated carbocycles. The Morgan fingerprint density at radius 1 is 0.800 bits per heavy atom. The zero-order valence-electron chi connectivity index (χ0n) is 16.9. The van der Waals surface area contributed by atoms with Crippen molar-refractivity contribution in [2.75, 3.05) is 12.4 Å².